The molecule has 0 radical (unpaired) electrons. The molecule has 0 fully saturated rings. The first-order valence-corrected chi connectivity index (χ1v) is 12.9. The van der Waals surface area contributed by atoms with Crippen LogP contribution in [0.15, 0.2) is 44.9 Å². The molecule has 3 aromatic rings. The number of hydrogen-bond acceptors (Lipinski definition) is 8. The van der Waals surface area contributed by atoms with Gasteiger partial charge >= 0.3 is 6.09 Å². The molecule has 0 spiro atoms. The summed E-state index contributed by atoms with van der Waals surface area (Å²) >= 11 is 4.55. The number of carbonyl (C=O) groups is 2. The van der Waals surface area contributed by atoms with E-state index in [9.17, 15) is 9.59 Å². The standard InChI is InChI=1S/C23H25N3O4S3/c1-13(27)11-29-15-8-6-7-14(9-15)17-12-32-20(25-17)16-10-18(33-21(16)31-5)19(24)26-22(28)30-23(2,3)4/h6-10,12H,11H2,1-5H3,(H2,24,26,28). The van der Waals surface area contributed by atoms with Gasteiger partial charge in [-0.2, -0.15) is 4.99 Å². The van der Waals surface area contributed by atoms with Crippen molar-refractivity contribution in [2.45, 2.75) is 37.5 Å². The molecule has 0 aliphatic carbocycles. The molecular weight excluding hydrogens is 478 g/mol. The maximum Gasteiger partial charge on any atom is 0.436 e. The minimum atomic E-state index is -0.718. The van der Waals surface area contributed by atoms with Gasteiger partial charge in [-0.15, -0.1) is 34.4 Å². The van der Waals surface area contributed by atoms with Crippen LogP contribution in [-0.4, -0.2) is 41.2 Å². The van der Waals surface area contributed by atoms with Gasteiger partial charge in [-0.25, -0.2) is 9.78 Å². The molecule has 2 heterocycles. The quantitative estimate of drug-likeness (QED) is 0.244. The van der Waals surface area contributed by atoms with Crippen molar-refractivity contribution >= 4 is 52.1 Å². The second kappa shape index (κ2) is 10.5. The van der Waals surface area contributed by atoms with Crippen molar-refractivity contribution in [2.24, 2.45) is 10.7 Å². The van der Waals surface area contributed by atoms with E-state index in [-0.39, 0.29) is 18.2 Å². The Morgan fingerprint density at radius 2 is 2.00 bits per heavy atom. The van der Waals surface area contributed by atoms with Crippen LogP contribution in [0.2, 0.25) is 0 Å². The average molecular weight is 504 g/mol. The molecule has 1 aromatic carbocycles. The summed E-state index contributed by atoms with van der Waals surface area (Å²) in [5.41, 5.74) is 8.08. The van der Waals surface area contributed by atoms with Crippen molar-refractivity contribution in [1.29, 1.82) is 0 Å². The SMILES string of the molecule is CSc1sc(C(N)=NC(=O)OC(C)(C)C)cc1-c1nc(-c2cccc(OCC(C)=O)c2)cs1. The number of rotatable bonds is 7. The molecule has 0 aliphatic rings. The summed E-state index contributed by atoms with van der Waals surface area (Å²) in [6.07, 6.45) is 1.26. The number of amides is 1. The van der Waals surface area contributed by atoms with Gasteiger partial charge in [-0.3, -0.25) is 4.79 Å². The number of hydrogen-bond donors (Lipinski definition) is 1. The van der Waals surface area contributed by atoms with Crippen LogP contribution in [0, 0.1) is 0 Å². The Labute approximate surface area is 205 Å². The predicted octanol–water partition coefficient (Wildman–Crippen LogP) is 5.87. The number of thioether (sulfide) groups is 1. The number of nitrogens with two attached hydrogens (primary N) is 1. The summed E-state index contributed by atoms with van der Waals surface area (Å²) in [5.74, 6) is 0.692. The summed E-state index contributed by atoms with van der Waals surface area (Å²) in [6, 6.07) is 9.38. The number of Topliss-reactive ketones (excluding diaryl/α,β-unsaturated/α-hetero) is 1. The van der Waals surface area contributed by atoms with Crippen molar-refractivity contribution < 1.29 is 19.1 Å². The van der Waals surface area contributed by atoms with E-state index in [2.05, 4.69) is 4.99 Å². The summed E-state index contributed by atoms with van der Waals surface area (Å²) < 4.78 is 11.8. The van der Waals surface area contributed by atoms with Crippen LogP contribution in [0.4, 0.5) is 4.79 Å². The lowest BCUT2D eigenvalue weighted by Gasteiger charge is -2.17. The lowest BCUT2D eigenvalue weighted by molar-refractivity contribution is -0.118. The van der Waals surface area contributed by atoms with Gasteiger partial charge < -0.3 is 15.2 Å². The molecule has 3 rings (SSSR count). The normalized spacial score (nSPS) is 12.0. The van der Waals surface area contributed by atoms with Crippen molar-refractivity contribution in [3.8, 4) is 27.6 Å². The maximum absolute atomic E-state index is 12.0. The number of ketones is 1. The molecule has 0 atom stereocenters. The minimum absolute atomic E-state index is 0.0345. The Kier molecular flexibility index (Phi) is 7.93. The third-order valence-corrected chi connectivity index (χ3v) is 7.22. The van der Waals surface area contributed by atoms with Crippen molar-refractivity contribution in [1.82, 2.24) is 4.98 Å². The van der Waals surface area contributed by atoms with Crippen LogP contribution in [-0.2, 0) is 9.53 Å². The molecule has 0 unspecified atom stereocenters. The maximum atomic E-state index is 12.0. The topological polar surface area (TPSA) is 104 Å². The monoisotopic (exact) mass is 503 g/mol. The Balaban J connectivity index is 1.85. The lowest BCUT2D eigenvalue weighted by atomic mass is 10.1. The zero-order chi connectivity index (χ0) is 24.2. The summed E-state index contributed by atoms with van der Waals surface area (Å²) in [7, 11) is 0. The Morgan fingerprint density at radius 3 is 2.67 bits per heavy atom. The number of carbonyl (C=O) groups excluding carboxylic acids is 2. The van der Waals surface area contributed by atoms with Gasteiger partial charge in [0.05, 0.1) is 14.8 Å². The molecule has 0 aliphatic heterocycles. The number of thiazole rings is 1. The van der Waals surface area contributed by atoms with Crippen LogP contribution in [0.5, 0.6) is 5.75 Å². The van der Waals surface area contributed by atoms with Crippen LogP contribution in [0.3, 0.4) is 0 Å². The van der Waals surface area contributed by atoms with E-state index in [1.807, 2.05) is 42.0 Å². The van der Waals surface area contributed by atoms with Gasteiger partial charge in [-0.05, 0) is 52.1 Å². The van der Waals surface area contributed by atoms with Gasteiger partial charge in [0, 0.05) is 16.5 Å². The molecule has 2 aromatic heterocycles. The molecule has 0 bridgehead atoms. The van der Waals surface area contributed by atoms with Crippen LogP contribution in [0.1, 0.15) is 32.6 Å². The van der Waals surface area contributed by atoms with Crippen LogP contribution < -0.4 is 10.5 Å². The van der Waals surface area contributed by atoms with Crippen molar-refractivity contribution in [3.63, 3.8) is 0 Å². The molecule has 10 heteroatoms. The highest BCUT2D eigenvalue weighted by Gasteiger charge is 2.19. The van der Waals surface area contributed by atoms with Gasteiger partial charge in [-0.1, -0.05) is 12.1 Å². The molecule has 7 nitrogen and oxygen atoms in total. The molecule has 33 heavy (non-hydrogen) atoms. The van der Waals surface area contributed by atoms with E-state index in [0.717, 1.165) is 26.0 Å². The highest BCUT2D eigenvalue weighted by molar-refractivity contribution is 8.00. The number of aromatic nitrogens is 1. The van der Waals surface area contributed by atoms with Gasteiger partial charge in [0.25, 0.3) is 0 Å². The van der Waals surface area contributed by atoms with Crippen molar-refractivity contribution in [3.05, 3.63) is 40.6 Å². The Hall–Kier alpha value is -2.69. The fourth-order valence-corrected chi connectivity index (χ4v) is 5.45. The fourth-order valence-electron chi connectivity index (χ4n) is 2.70. The largest absolute Gasteiger partial charge is 0.486 e. The summed E-state index contributed by atoms with van der Waals surface area (Å²) in [4.78, 5) is 32.6. The molecule has 0 saturated heterocycles. The molecule has 1 amide bonds. The first-order valence-electron chi connectivity index (χ1n) is 9.99. The predicted molar refractivity (Wildman–Crippen MR) is 136 cm³/mol. The van der Waals surface area contributed by atoms with E-state index in [1.54, 1.807) is 32.5 Å². The van der Waals surface area contributed by atoms with Crippen LogP contribution in [0.25, 0.3) is 21.8 Å². The molecular formula is C23H25N3O4S3. The highest BCUT2D eigenvalue weighted by atomic mass is 32.2. The first kappa shape index (κ1) is 24.9. The molecule has 2 N–H and O–H groups in total. The van der Waals surface area contributed by atoms with E-state index >= 15 is 0 Å². The zero-order valence-corrected chi connectivity index (χ0v) is 21.5. The van der Waals surface area contributed by atoms with Crippen molar-refractivity contribution in [2.75, 3.05) is 12.9 Å². The Morgan fingerprint density at radius 1 is 1.24 bits per heavy atom. The zero-order valence-electron chi connectivity index (χ0n) is 19.0. The lowest BCUT2D eigenvalue weighted by Crippen LogP contribution is -2.24. The summed E-state index contributed by atoms with van der Waals surface area (Å²) in [5, 5.41) is 2.80. The van der Waals surface area contributed by atoms with E-state index in [4.69, 9.17) is 20.2 Å². The number of nitrogens with zero attached hydrogens (tertiary/aromatic N) is 2. The smallest absolute Gasteiger partial charge is 0.436 e. The molecule has 174 valence electrons. The van der Waals surface area contributed by atoms with E-state index in [0.29, 0.717) is 10.6 Å². The van der Waals surface area contributed by atoms with E-state index < -0.39 is 11.7 Å². The number of aliphatic imine (C=N–C) groups is 1. The highest BCUT2D eigenvalue weighted by Crippen LogP contribution is 2.40. The second-order valence-corrected chi connectivity index (χ2v) is 11.0. The summed E-state index contributed by atoms with van der Waals surface area (Å²) in [6.45, 7) is 6.84. The first-order chi connectivity index (χ1) is 15.6. The van der Waals surface area contributed by atoms with E-state index in [1.165, 1.54) is 29.6 Å². The number of amidine groups is 1. The minimum Gasteiger partial charge on any atom is -0.486 e. The second-order valence-electron chi connectivity index (χ2n) is 8.05. The third-order valence-electron chi connectivity index (χ3n) is 4.05. The van der Waals surface area contributed by atoms with Gasteiger partial charge in [0.1, 0.15) is 28.8 Å². The number of thiophene rings is 1. The Bertz CT molecular complexity index is 1190. The van der Waals surface area contributed by atoms with Crippen LogP contribution >= 0.6 is 34.4 Å². The number of benzene rings is 1. The average Bonchev–Trinajstić information content (AvgIpc) is 3.38. The van der Waals surface area contributed by atoms with Gasteiger partial charge in [0.2, 0.25) is 0 Å². The fraction of sp³-hybridized carbons (Fsp3) is 0.304. The molecule has 0 saturated carbocycles. The third kappa shape index (κ3) is 6.89. The number of ether oxygens (including phenoxy) is 2. The van der Waals surface area contributed by atoms with Gasteiger partial charge in [0.15, 0.2) is 5.78 Å².